The lowest BCUT2D eigenvalue weighted by Gasteiger charge is -2.27. The summed E-state index contributed by atoms with van der Waals surface area (Å²) in [5.41, 5.74) is 1.62. The fourth-order valence-corrected chi connectivity index (χ4v) is 6.38. The van der Waals surface area contributed by atoms with Crippen molar-refractivity contribution in [1.29, 1.82) is 0 Å². The van der Waals surface area contributed by atoms with Crippen molar-refractivity contribution >= 4 is 36.5 Å². The molecule has 1 aliphatic heterocycles. The molecule has 10 nitrogen and oxygen atoms in total. The zero-order valence-electron chi connectivity index (χ0n) is 24.9. The second kappa shape index (κ2) is 13.3. The monoisotopic (exact) mass is 593 g/mol. The van der Waals surface area contributed by atoms with Crippen LogP contribution in [0.15, 0.2) is 42.7 Å². The van der Waals surface area contributed by atoms with Crippen LogP contribution < -0.4 is 10.1 Å². The lowest BCUT2D eigenvalue weighted by molar-refractivity contribution is -0.134. The molecule has 5 rings (SSSR count). The van der Waals surface area contributed by atoms with E-state index < -0.39 is 8.07 Å². The SMILES string of the molecule is C[Si](C)(C)CCOCN1C(=O)CC[C@@H]1COc1cc2nn([C@H]3CC[C@H](CO)CC3)cc2cc1NC(=O)c1ccccn1. The Bertz CT molecular complexity index is 1370. The van der Waals surface area contributed by atoms with E-state index in [1.165, 1.54) is 0 Å². The Morgan fingerprint density at radius 1 is 1.14 bits per heavy atom. The maximum Gasteiger partial charge on any atom is 0.274 e. The molecule has 0 radical (unpaired) electrons. The van der Waals surface area contributed by atoms with E-state index in [1.54, 1.807) is 29.3 Å². The highest BCUT2D eigenvalue weighted by molar-refractivity contribution is 6.76. The van der Waals surface area contributed by atoms with Gasteiger partial charge in [-0.05, 0) is 62.3 Å². The van der Waals surface area contributed by atoms with Crippen molar-refractivity contribution in [3.63, 3.8) is 0 Å². The van der Waals surface area contributed by atoms with E-state index in [0.29, 0.717) is 42.5 Å². The summed E-state index contributed by atoms with van der Waals surface area (Å²) in [5, 5.41) is 18.3. The smallest absolute Gasteiger partial charge is 0.274 e. The number of anilines is 1. The van der Waals surface area contributed by atoms with Gasteiger partial charge in [-0.25, -0.2) is 0 Å². The van der Waals surface area contributed by atoms with Crippen molar-refractivity contribution in [3.8, 4) is 5.75 Å². The summed E-state index contributed by atoms with van der Waals surface area (Å²) in [7, 11) is -1.22. The maximum atomic E-state index is 13.0. The number of aliphatic hydroxyl groups excluding tert-OH is 1. The summed E-state index contributed by atoms with van der Waals surface area (Å²) in [6.07, 6.45) is 8.67. The van der Waals surface area contributed by atoms with Gasteiger partial charge in [-0.3, -0.25) is 19.3 Å². The van der Waals surface area contributed by atoms with Crippen molar-refractivity contribution in [2.75, 3.05) is 31.9 Å². The van der Waals surface area contributed by atoms with Crippen LogP contribution in [0.1, 0.15) is 55.1 Å². The quantitative estimate of drug-likeness (QED) is 0.222. The largest absolute Gasteiger partial charge is 0.489 e. The Morgan fingerprint density at radius 2 is 1.95 bits per heavy atom. The average Bonchev–Trinajstić information content (AvgIpc) is 3.56. The van der Waals surface area contributed by atoms with Gasteiger partial charge in [0.15, 0.2) is 0 Å². The number of likely N-dealkylation sites (tertiary alicyclic amines) is 1. The Kier molecular flexibility index (Phi) is 9.59. The molecule has 1 saturated heterocycles. The Morgan fingerprint density at radius 3 is 2.67 bits per heavy atom. The number of benzene rings is 1. The molecule has 1 saturated carbocycles. The molecule has 2 N–H and O–H groups in total. The molecule has 1 aromatic carbocycles. The van der Waals surface area contributed by atoms with Crippen LogP contribution in [-0.2, 0) is 9.53 Å². The molecule has 226 valence electrons. The number of aromatic nitrogens is 3. The number of nitrogens with one attached hydrogen (secondary N) is 1. The highest BCUT2D eigenvalue weighted by Gasteiger charge is 2.32. The zero-order chi connectivity index (χ0) is 29.7. The fraction of sp³-hybridized carbons (Fsp3) is 0.548. The van der Waals surface area contributed by atoms with Gasteiger partial charge in [-0.2, -0.15) is 5.10 Å². The molecule has 2 aromatic heterocycles. The van der Waals surface area contributed by atoms with Crippen LogP contribution in [-0.4, -0.2) is 77.3 Å². The topological polar surface area (TPSA) is 119 Å². The van der Waals surface area contributed by atoms with Crippen LogP contribution >= 0.6 is 0 Å². The second-order valence-electron chi connectivity index (χ2n) is 12.8. The van der Waals surface area contributed by atoms with Crippen LogP contribution in [0.4, 0.5) is 5.69 Å². The molecule has 2 fully saturated rings. The summed E-state index contributed by atoms with van der Waals surface area (Å²) in [6, 6.07) is 10.2. The molecule has 1 aliphatic carbocycles. The van der Waals surface area contributed by atoms with E-state index in [1.807, 2.05) is 23.0 Å². The second-order valence-corrected chi connectivity index (χ2v) is 18.4. The van der Waals surface area contributed by atoms with Crippen molar-refractivity contribution in [1.82, 2.24) is 19.7 Å². The van der Waals surface area contributed by atoms with Gasteiger partial charge in [-0.15, -0.1) is 0 Å². The number of nitrogens with zero attached hydrogens (tertiary/aromatic N) is 4. The van der Waals surface area contributed by atoms with E-state index in [0.717, 1.165) is 42.6 Å². The van der Waals surface area contributed by atoms with Crippen LogP contribution in [0, 0.1) is 5.92 Å². The molecule has 3 aromatic rings. The van der Waals surface area contributed by atoms with E-state index in [9.17, 15) is 14.7 Å². The number of pyridine rings is 1. The first-order valence-electron chi connectivity index (χ1n) is 15.1. The minimum atomic E-state index is -1.22. The van der Waals surface area contributed by atoms with E-state index >= 15 is 0 Å². The first-order valence-corrected chi connectivity index (χ1v) is 18.8. The summed E-state index contributed by atoms with van der Waals surface area (Å²) in [6.45, 7) is 8.36. The van der Waals surface area contributed by atoms with Gasteiger partial charge in [0.05, 0.1) is 23.3 Å². The molecule has 0 unspecified atom stereocenters. The number of fused-ring (bicyclic) bond motifs is 1. The number of carbonyl (C=O) groups excluding carboxylic acids is 2. The third-order valence-corrected chi connectivity index (χ3v) is 10.0. The average molecular weight is 594 g/mol. The van der Waals surface area contributed by atoms with Gasteiger partial charge in [0.2, 0.25) is 5.91 Å². The lowest BCUT2D eigenvalue weighted by Crippen LogP contribution is -2.39. The molecule has 0 bridgehead atoms. The van der Waals surface area contributed by atoms with Gasteiger partial charge in [0.1, 0.15) is 24.8 Å². The highest BCUT2D eigenvalue weighted by atomic mass is 28.3. The van der Waals surface area contributed by atoms with Crippen LogP contribution in [0.5, 0.6) is 5.75 Å². The molecule has 2 amide bonds. The minimum Gasteiger partial charge on any atom is -0.489 e. The Hall–Kier alpha value is -3.28. The van der Waals surface area contributed by atoms with Crippen molar-refractivity contribution in [2.24, 2.45) is 5.92 Å². The third kappa shape index (κ3) is 7.56. The lowest BCUT2D eigenvalue weighted by atomic mass is 9.87. The number of hydrogen-bond acceptors (Lipinski definition) is 7. The van der Waals surface area contributed by atoms with Crippen molar-refractivity contribution in [3.05, 3.63) is 48.4 Å². The third-order valence-electron chi connectivity index (χ3n) is 8.33. The summed E-state index contributed by atoms with van der Waals surface area (Å²) in [4.78, 5) is 31.6. The number of aliphatic hydroxyl groups is 1. The molecule has 2 aliphatic rings. The van der Waals surface area contributed by atoms with Crippen molar-refractivity contribution < 1.29 is 24.2 Å². The van der Waals surface area contributed by atoms with Crippen LogP contribution in [0.25, 0.3) is 10.9 Å². The fourth-order valence-electron chi connectivity index (χ4n) is 5.62. The van der Waals surface area contributed by atoms with Gasteiger partial charge in [0, 0.05) is 51.6 Å². The molecule has 42 heavy (non-hydrogen) atoms. The Labute approximate surface area is 248 Å². The first-order chi connectivity index (χ1) is 20.2. The van der Waals surface area contributed by atoms with Gasteiger partial charge >= 0.3 is 0 Å². The predicted octanol–water partition coefficient (Wildman–Crippen LogP) is 5.09. The van der Waals surface area contributed by atoms with Gasteiger partial charge in [-0.1, -0.05) is 25.7 Å². The molecular weight excluding hydrogens is 550 g/mol. The summed E-state index contributed by atoms with van der Waals surface area (Å²) in [5.74, 6) is 0.612. The number of carbonyl (C=O) groups is 2. The van der Waals surface area contributed by atoms with Crippen LogP contribution in [0.3, 0.4) is 0 Å². The van der Waals surface area contributed by atoms with Crippen LogP contribution in [0.2, 0.25) is 25.7 Å². The number of ether oxygens (including phenoxy) is 2. The number of hydrogen-bond donors (Lipinski definition) is 2. The molecule has 11 heteroatoms. The van der Waals surface area contributed by atoms with E-state index in [4.69, 9.17) is 14.6 Å². The normalized spacial score (nSPS) is 21.2. The molecule has 0 spiro atoms. The minimum absolute atomic E-state index is 0.0744. The summed E-state index contributed by atoms with van der Waals surface area (Å²) < 4.78 is 14.2. The van der Waals surface area contributed by atoms with E-state index in [-0.39, 0.29) is 43.8 Å². The molecule has 1 atom stereocenters. The van der Waals surface area contributed by atoms with Gasteiger partial charge in [0.25, 0.3) is 5.91 Å². The standard InChI is InChI=1S/C31H43N5O5Si/c1-42(2,3)15-14-40-21-35-25(11-12-30(35)38)20-41-29-17-27-23(16-28(29)33-31(39)26-6-4-5-13-32-26)18-36(34-27)24-9-7-22(19-37)8-10-24/h4-6,13,16-18,22,24-25,37H,7-12,14-15,19-21H2,1-3H3,(H,33,39)/t22-,24-,25-/m1/s1. The highest BCUT2D eigenvalue weighted by Crippen LogP contribution is 2.35. The first kappa shape index (κ1) is 30.2. The zero-order valence-corrected chi connectivity index (χ0v) is 25.9. The number of rotatable bonds is 12. The Balaban J connectivity index is 1.33. The summed E-state index contributed by atoms with van der Waals surface area (Å²) >= 11 is 0. The number of amides is 2. The maximum absolute atomic E-state index is 13.0. The van der Waals surface area contributed by atoms with Gasteiger partial charge < -0.3 is 24.8 Å². The molecular formula is C31H43N5O5Si. The van der Waals surface area contributed by atoms with E-state index in [2.05, 4.69) is 29.9 Å². The molecule has 3 heterocycles. The van der Waals surface area contributed by atoms with Crippen molar-refractivity contribution in [2.45, 2.75) is 76.3 Å². The predicted molar refractivity (Wildman–Crippen MR) is 164 cm³/mol.